The fourth-order valence-electron chi connectivity index (χ4n) is 10.1. The molecule has 11 aromatic carbocycles. The molecule has 4 heteroatoms. The Balaban J connectivity index is 1.03. The van der Waals surface area contributed by atoms with Crippen molar-refractivity contribution in [1.29, 1.82) is 10.5 Å². The van der Waals surface area contributed by atoms with E-state index in [1.165, 1.54) is 16.2 Å². The van der Waals surface area contributed by atoms with Gasteiger partial charge in [-0.1, -0.05) is 152 Å². The van der Waals surface area contributed by atoms with Crippen LogP contribution in [0.15, 0.2) is 224 Å². The van der Waals surface area contributed by atoms with Crippen molar-refractivity contribution in [3.05, 3.63) is 235 Å². The monoisotopic (exact) mass is 840 g/mol. The molecule has 0 heterocycles. The molecule has 0 aliphatic heterocycles. The number of allylic oxidation sites excluding steroid dienone is 4. The summed E-state index contributed by atoms with van der Waals surface area (Å²) >= 11 is 0. The summed E-state index contributed by atoms with van der Waals surface area (Å²) in [4.78, 5) is 4.54. The molecule has 0 radical (unpaired) electrons. The number of rotatable bonds is 8. The largest absolute Gasteiger partial charge is 0.312 e. The first-order valence-corrected chi connectivity index (χ1v) is 22.4. The predicted molar refractivity (Wildman–Crippen MR) is 275 cm³/mol. The lowest BCUT2D eigenvalue weighted by molar-refractivity contribution is 0.918. The Labute approximate surface area is 383 Å². The van der Waals surface area contributed by atoms with E-state index in [9.17, 15) is 10.5 Å². The third-order valence-corrected chi connectivity index (χ3v) is 13.3. The first-order chi connectivity index (χ1) is 32.6. The van der Waals surface area contributed by atoms with Crippen molar-refractivity contribution in [3.63, 3.8) is 0 Å². The standard InChI is InChI=1S/C62H40N4/c63-39-51-37-49(47-21-19-41-11-7-9-13-45(41)35-47)27-31-57(51)65(53-15-3-1-4-16-53)59-33-25-43-24-30-56-60(34-26-44-23-29-55(59)61(43)62(44)56)66(54-17-5-2-6-18-54)58-32-28-50(38-52(58)40-64)48-22-20-42-12-8-10-14-46(42)36-48/h1-5,7-17,19-38H,6,18H2. The van der Waals surface area contributed by atoms with Crippen LogP contribution >= 0.6 is 0 Å². The van der Waals surface area contributed by atoms with E-state index in [-0.39, 0.29) is 0 Å². The molecule has 0 atom stereocenters. The average Bonchev–Trinajstić information content (AvgIpc) is 3.39. The SMILES string of the molecule is N#Cc1cc(-c2ccc3ccccc3c2)ccc1N(C1=CC=CCC1)c1ccc2ccc3c(N(c4ccccc4)c4ccc(-c5ccc6ccccc6c5)cc4C#N)ccc4ccc1c2c43. The van der Waals surface area contributed by atoms with Crippen LogP contribution in [0.2, 0.25) is 0 Å². The molecule has 4 nitrogen and oxygen atoms in total. The van der Waals surface area contributed by atoms with Crippen LogP contribution in [0, 0.1) is 22.7 Å². The number of anilines is 5. The molecule has 0 bridgehead atoms. The minimum atomic E-state index is 0.586. The fraction of sp³-hybridized carbons (Fsp3) is 0.0323. The van der Waals surface area contributed by atoms with Crippen molar-refractivity contribution in [3.8, 4) is 34.4 Å². The third kappa shape index (κ3) is 6.52. The molecule has 12 rings (SSSR count). The van der Waals surface area contributed by atoms with Crippen LogP contribution in [-0.4, -0.2) is 0 Å². The van der Waals surface area contributed by atoms with Gasteiger partial charge >= 0.3 is 0 Å². The van der Waals surface area contributed by atoms with Gasteiger partial charge in [0.05, 0.1) is 33.9 Å². The summed E-state index contributed by atoms with van der Waals surface area (Å²) in [7, 11) is 0. The van der Waals surface area contributed by atoms with Crippen molar-refractivity contribution in [2.45, 2.75) is 12.8 Å². The number of fused-ring (bicyclic) bond motifs is 2. The zero-order valence-corrected chi connectivity index (χ0v) is 36.0. The fourth-order valence-corrected chi connectivity index (χ4v) is 10.1. The van der Waals surface area contributed by atoms with Gasteiger partial charge in [-0.3, -0.25) is 0 Å². The highest BCUT2D eigenvalue weighted by molar-refractivity contribution is 6.28. The lowest BCUT2D eigenvalue weighted by Crippen LogP contribution is -2.19. The summed E-state index contributed by atoms with van der Waals surface area (Å²) in [5.41, 5.74) is 11.1. The van der Waals surface area contributed by atoms with Gasteiger partial charge in [-0.15, -0.1) is 0 Å². The Kier molecular flexibility index (Phi) is 9.37. The zero-order chi connectivity index (χ0) is 44.1. The Hall–Kier alpha value is -8.96. The van der Waals surface area contributed by atoms with Crippen LogP contribution in [0.25, 0.3) is 76.1 Å². The Morgan fingerprint density at radius 1 is 0.379 bits per heavy atom. The van der Waals surface area contributed by atoms with E-state index in [1.807, 2.05) is 30.3 Å². The maximum Gasteiger partial charge on any atom is 0.101 e. The molecule has 0 spiro atoms. The highest BCUT2D eigenvalue weighted by atomic mass is 15.2. The molecule has 0 N–H and O–H groups in total. The average molecular weight is 841 g/mol. The summed E-state index contributed by atoms with van der Waals surface area (Å²) in [5.74, 6) is 0. The Morgan fingerprint density at radius 2 is 0.818 bits per heavy atom. The van der Waals surface area contributed by atoms with Gasteiger partial charge in [0, 0.05) is 22.2 Å². The quantitative estimate of drug-likeness (QED) is 0.143. The van der Waals surface area contributed by atoms with E-state index >= 15 is 0 Å². The van der Waals surface area contributed by atoms with Crippen LogP contribution < -0.4 is 9.80 Å². The van der Waals surface area contributed by atoms with Crippen molar-refractivity contribution in [2.75, 3.05) is 9.80 Å². The Morgan fingerprint density at radius 3 is 1.35 bits per heavy atom. The van der Waals surface area contributed by atoms with Crippen molar-refractivity contribution in [2.24, 2.45) is 0 Å². The third-order valence-electron chi connectivity index (χ3n) is 13.3. The second kappa shape index (κ2) is 16.0. The van der Waals surface area contributed by atoms with Gasteiger partial charge in [0.15, 0.2) is 0 Å². The molecule has 0 amide bonds. The van der Waals surface area contributed by atoms with Crippen molar-refractivity contribution >= 4 is 82.3 Å². The molecular weight excluding hydrogens is 801 g/mol. The van der Waals surface area contributed by atoms with Gasteiger partial charge < -0.3 is 9.80 Å². The molecule has 308 valence electrons. The van der Waals surface area contributed by atoms with Gasteiger partial charge in [-0.05, 0) is 145 Å². The number of hydrogen-bond acceptors (Lipinski definition) is 4. The van der Waals surface area contributed by atoms with Crippen LogP contribution in [0.4, 0.5) is 28.4 Å². The van der Waals surface area contributed by atoms with E-state index in [0.29, 0.717) is 11.1 Å². The molecule has 66 heavy (non-hydrogen) atoms. The minimum absolute atomic E-state index is 0.586. The maximum atomic E-state index is 10.9. The minimum Gasteiger partial charge on any atom is -0.312 e. The molecule has 0 saturated carbocycles. The first-order valence-electron chi connectivity index (χ1n) is 22.4. The predicted octanol–water partition coefficient (Wildman–Crippen LogP) is 16.8. The Bertz CT molecular complexity index is 3870. The number of para-hydroxylation sites is 1. The molecule has 1 aliphatic carbocycles. The smallest absolute Gasteiger partial charge is 0.101 e. The van der Waals surface area contributed by atoms with Crippen LogP contribution in [0.1, 0.15) is 24.0 Å². The second-order valence-corrected chi connectivity index (χ2v) is 17.0. The van der Waals surface area contributed by atoms with Gasteiger partial charge in [0.2, 0.25) is 0 Å². The van der Waals surface area contributed by atoms with Gasteiger partial charge in [0.1, 0.15) is 12.1 Å². The van der Waals surface area contributed by atoms with Gasteiger partial charge in [0.25, 0.3) is 0 Å². The van der Waals surface area contributed by atoms with E-state index < -0.39 is 0 Å². The molecule has 1 aliphatic rings. The van der Waals surface area contributed by atoms with Crippen LogP contribution in [-0.2, 0) is 0 Å². The van der Waals surface area contributed by atoms with E-state index in [0.717, 1.165) is 107 Å². The molecular formula is C62H40N4. The topological polar surface area (TPSA) is 54.1 Å². The normalized spacial score (nSPS) is 12.4. The molecule has 0 fully saturated rings. The highest BCUT2D eigenvalue weighted by Crippen LogP contribution is 2.48. The maximum absolute atomic E-state index is 10.9. The molecule has 0 unspecified atom stereocenters. The van der Waals surface area contributed by atoms with E-state index in [4.69, 9.17) is 0 Å². The summed E-state index contributed by atoms with van der Waals surface area (Å²) < 4.78 is 0. The second-order valence-electron chi connectivity index (χ2n) is 17.0. The summed E-state index contributed by atoms with van der Waals surface area (Å²) in [6.45, 7) is 0. The lowest BCUT2D eigenvalue weighted by Gasteiger charge is -2.32. The molecule has 0 aromatic heterocycles. The first kappa shape index (κ1) is 38.7. The number of benzene rings is 11. The molecule has 11 aromatic rings. The summed E-state index contributed by atoms with van der Waals surface area (Å²) in [5, 5.41) is 33.2. The number of nitriles is 2. The lowest BCUT2D eigenvalue weighted by atomic mass is 9.91. The zero-order valence-electron chi connectivity index (χ0n) is 36.0. The van der Waals surface area contributed by atoms with E-state index in [2.05, 4.69) is 210 Å². The molecule has 0 saturated heterocycles. The number of nitrogens with zero attached hydrogens (tertiary/aromatic N) is 4. The van der Waals surface area contributed by atoms with Crippen LogP contribution in [0.5, 0.6) is 0 Å². The highest BCUT2D eigenvalue weighted by Gasteiger charge is 2.25. The van der Waals surface area contributed by atoms with Gasteiger partial charge in [-0.25, -0.2) is 0 Å². The number of hydrogen-bond donors (Lipinski definition) is 0. The summed E-state index contributed by atoms with van der Waals surface area (Å²) in [6, 6.07) is 75.5. The van der Waals surface area contributed by atoms with Crippen molar-refractivity contribution < 1.29 is 0 Å². The van der Waals surface area contributed by atoms with Gasteiger partial charge in [-0.2, -0.15) is 10.5 Å². The van der Waals surface area contributed by atoms with Crippen LogP contribution in [0.3, 0.4) is 0 Å². The summed E-state index contributed by atoms with van der Waals surface area (Å²) in [6.07, 6.45) is 8.28. The van der Waals surface area contributed by atoms with E-state index in [1.54, 1.807) is 0 Å². The van der Waals surface area contributed by atoms with Crippen molar-refractivity contribution in [1.82, 2.24) is 0 Å².